The van der Waals surface area contributed by atoms with Crippen LogP contribution in [0.3, 0.4) is 0 Å². The summed E-state index contributed by atoms with van der Waals surface area (Å²) in [4.78, 5) is 9.67. The van der Waals surface area contributed by atoms with Crippen molar-refractivity contribution in [3.05, 3.63) is 33.6 Å². The molecule has 0 heterocycles. The van der Waals surface area contributed by atoms with E-state index in [1.807, 2.05) is 0 Å². The second-order valence-electron chi connectivity index (χ2n) is 3.23. The van der Waals surface area contributed by atoms with Crippen LogP contribution in [0, 0.1) is 27.8 Å². The third kappa shape index (κ3) is 3.43. The summed E-state index contributed by atoms with van der Waals surface area (Å²) in [5.41, 5.74) is -0.754. The predicted octanol–water partition coefficient (Wildman–Crippen LogP) is 1.40. The van der Waals surface area contributed by atoms with E-state index < -0.39 is 22.2 Å². The number of nitrogens with zero attached hydrogens (tertiary/aromatic N) is 1. The van der Waals surface area contributed by atoms with Gasteiger partial charge in [0, 0.05) is 13.0 Å². The van der Waals surface area contributed by atoms with Gasteiger partial charge in [-0.05, 0) is 13.1 Å². The van der Waals surface area contributed by atoms with Crippen LogP contribution >= 0.6 is 0 Å². The van der Waals surface area contributed by atoms with Gasteiger partial charge < -0.3 is 10.4 Å². The number of nitro benzene ring substituents is 1. The molecule has 2 N–H and O–H groups in total. The van der Waals surface area contributed by atoms with Crippen LogP contribution in [0.1, 0.15) is 12.0 Å². The number of phenols is 1. The Balaban J connectivity index is 3.06. The van der Waals surface area contributed by atoms with E-state index in [-0.39, 0.29) is 5.56 Å². The van der Waals surface area contributed by atoms with E-state index in [4.69, 9.17) is 0 Å². The number of aromatic hydroxyl groups is 1. The van der Waals surface area contributed by atoms with Crippen LogP contribution in [0.25, 0.3) is 0 Å². The van der Waals surface area contributed by atoms with Crippen molar-refractivity contribution >= 4 is 5.69 Å². The number of phenolic OH excluding ortho intramolecular Hbond substituents is 1. The standard InChI is InChI=1S/C11H11FN2O3/c1-13-5-3-2-4-8-6-9(12)7-10(11(8)15)14(16)17/h6-7,13,15H,3,5H2,1H3. The fourth-order valence-electron chi connectivity index (χ4n) is 1.16. The van der Waals surface area contributed by atoms with E-state index in [1.165, 1.54) is 0 Å². The van der Waals surface area contributed by atoms with Crippen molar-refractivity contribution in [1.82, 2.24) is 5.32 Å². The summed E-state index contributed by atoms with van der Waals surface area (Å²) in [6.07, 6.45) is 0.500. The highest BCUT2D eigenvalue weighted by Crippen LogP contribution is 2.30. The van der Waals surface area contributed by atoms with Gasteiger partial charge in [0.25, 0.3) is 0 Å². The number of benzene rings is 1. The molecule has 90 valence electrons. The van der Waals surface area contributed by atoms with Gasteiger partial charge in [-0.15, -0.1) is 0 Å². The van der Waals surface area contributed by atoms with Crippen LogP contribution < -0.4 is 5.32 Å². The molecule has 0 spiro atoms. The first kappa shape index (κ1) is 12.9. The van der Waals surface area contributed by atoms with Crippen LogP contribution in [0.2, 0.25) is 0 Å². The molecule has 0 aliphatic rings. The van der Waals surface area contributed by atoms with Gasteiger partial charge in [-0.25, -0.2) is 4.39 Å². The van der Waals surface area contributed by atoms with Crippen LogP contribution in [0.5, 0.6) is 5.75 Å². The van der Waals surface area contributed by atoms with Crippen molar-refractivity contribution in [2.45, 2.75) is 6.42 Å². The minimum Gasteiger partial charge on any atom is -0.501 e. The number of rotatable bonds is 3. The lowest BCUT2D eigenvalue weighted by molar-refractivity contribution is -0.386. The highest BCUT2D eigenvalue weighted by atomic mass is 19.1. The maximum atomic E-state index is 13.0. The van der Waals surface area contributed by atoms with E-state index in [1.54, 1.807) is 7.05 Å². The molecule has 5 nitrogen and oxygen atoms in total. The molecule has 0 amide bonds. The minimum absolute atomic E-state index is 0.0761. The number of halogens is 1. The quantitative estimate of drug-likeness (QED) is 0.361. The molecule has 1 rings (SSSR count). The Morgan fingerprint density at radius 1 is 1.59 bits per heavy atom. The monoisotopic (exact) mass is 238 g/mol. The second-order valence-corrected chi connectivity index (χ2v) is 3.23. The van der Waals surface area contributed by atoms with Crippen molar-refractivity contribution in [2.75, 3.05) is 13.6 Å². The molecule has 0 radical (unpaired) electrons. The number of nitro groups is 1. The molecule has 0 bridgehead atoms. The lowest BCUT2D eigenvalue weighted by atomic mass is 10.1. The molecule has 0 saturated carbocycles. The summed E-state index contributed by atoms with van der Waals surface area (Å²) in [5, 5.41) is 22.9. The third-order valence-electron chi connectivity index (χ3n) is 1.97. The van der Waals surface area contributed by atoms with E-state index in [0.29, 0.717) is 19.0 Å². The van der Waals surface area contributed by atoms with E-state index in [0.717, 1.165) is 6.07 Å². The molecule has 0 saturated heterocycles. The van der Waals surface area contributed by atoms with Crippen LogP contribution in [-0.4, -0.2) is 23.6 Å². The molecule has 1 aromatic rings. The number of hydrogen-bond acceptors (Lipinski definition) is 4. The Hall–Kier alpha value is -2.13. The average Bonchev–Trinajstić information content (AvgIpc) is 2.28. The predicted molar refractivity (Wildman–Crippen MR) is 60.1 cm³/mol. The lowest BCUT2D eigenvalue weighted by Crippen LogP contribution is -2.05. The SMILES string of the molecule is CNCCC#Cc1cc(F)cc([N+](=O)[O-])c1O. The van der Waals surface area contributed by atoms with Crippen LogP contribution in [-0.2, 0) is 0 Å². The maximum absolute atomic E-state index is 13.0. The van der Waals surface area contributed by atoms with Gasteiger partial charge in [0.2, 0.25) is 5.75 Å². The van der Waals surface area contributed by atoms with Crippen molar-refractivity contribution in [3.8, 4) is 17.6 Å². The summed E-state index contributed by atoms with van der Waals surface area (Å²) in [6, 6.07) is 1.63. The summed E-state index contributed by atoms with van der Waals surface area (Å²) >= 11 is 0. The largest absolute Gasteiger partial charge is 0.501 e. The first-order chi connectivity index (χ1) is 8.06. The fraction of sp³-hybridized carbons (Fsp3) is 0.273. The highest BCUT2D eigenvalue weighted by molar-refractivity contribution is 5.57. The molecule has 1 aromatic carbocycles. The molecule has 0 aliphatic carbocycles. The minimum atomic E-state index is -0.850. The Morgan fingerprint density at radius 3 is 2.88 bits per heavy atom. The smallest absolute Gasteiger partial charge is 0.314 e. The maximum Gasteiger partial charge on any atom is 0.314 e. The fourth-order valence-corrected chi connectivity index (χ4v) is 1.16. The number of hydrogen-bond donors (Lipinski definition) is 2. The highest BCUT2D eigenvalue weighted by Gasteiger charge is 2.18. The summed E-state index contributed by atoms with van der Waals surface area (Å²) in [7, 11) is 1.76. The van der Waals surface area contributed by atoms with Crippen molar-refractivity contribution in [3.63, 3.8) is 0 Å². The first-order valence-electron chi connectivity index (χ1n) is 4.86. The Labute approximate surface area is 97.4 Å². The molecule has 0 fully saturated rings. The van der Waals surface area contributed by atoms with Crippen molar-refractivity contribution in [2.24, 2.45) is 0 Å². The molecule has 17 heavy (non-hydrogen) atoms. The summed E-state index contributed by atoms with van der Waals surface area (Å²) in [6.45, 7) is 0.644. The zero-order valence-electron chi connectivity index (χ0n) is 9.16. The van der Waals surface area contributed by atoms with Crippen LogP contribution in [0.4, 0.5) is 10.1 Å². The normalized spacial score (nSPS) is 9.53. The van der Waals surface area contributed by atoms with Gasteiger partial charge in [0.05, 0.1) is 16.6 Å². The average molecular weight is 238 g/mol. The van der Waals surface area contributed by atoms with Gasteiger partial charge in [-0.2, -0.15) is 0 Å². The molecule has 0 aliphatic heterocycles. The van der Waals surface area contributed by atoms with E-state index in [2.05, 4.69) is 17.2 Å². The Bertz CT molecular complexity index is 491. The molecule has 0 aromatic heterocycles. The van der Waals surface area contributed by atoms with Crippen molar-refractivity contribution < 1.29 is 14.4 Å². The number of nitrogens with one attached hydrogen (secondary N) is 1. The third-order valence-corrected chi connectivity index (χ3v) is 1.97. The Morgan fingerprint density at radius 2 is 2.29 bits per heavy atom. The van der Waals surface area contributed by atoms with Gasteiger partial charge >= 0.3 is 5.69 Å². The second kappa shape index (κ2) is 5.82. The zero-order chi connectivity index (χ0) is 12.8. The van der Waals surface area contributed by atoms with Crippen molar-refractivity contribution in [1.29, 1.82) is 0 Å². The summed E-state index contributed by atoms with van der Waals surface area (Å²) < 4.78 is 13.0. The topological polar surface area (TPSA) is 75.4 Å². The van der Waals surface area contributed by atoms with Gasteiger partial charge in [0.15, 0.2) is 0 Å². The molecule has 0 atom stereocenters. The zero-order valence-corrected chi connectivity index (χ0v) is 9.16. The Kier molecular flexibility index (Phi) is 4.43. The molecule has 0 unspecified atom stereocenters. The van der Waals surface area contributed by atoms with Gasteiger partial charge in [-0.3, -0.25) is 10.1 Å². The first-order valence-corrected chi connectivity index (χ1v) is 4.86. The molecule has 6 heteroatoms. The van der Waals surface area contributed by atoms with E-state index >= 15 is 0 Å². The van der Waals surface area contributed by atoms with Gasteiger partial charge in [0.1, 0.15) is 5.82 Å². The van der Waals surface area contributed by atoms with Gasteiger partial charge in [-0.1, -0.05) is 11.8 Å². The summed E-state index contributed by atoms with van der Waals surface area (Å²) in [5.74, 6) is 3.77. The van der Waals surface area contributed by atoms with Crippen LogP contribution in [0.15, 0.2) is 12.1 Å². The molecular weight excluding hydrogens is 227 g/mol. The van der Waals surface area contributed by atoms with E-state index in [9.17, 15) is 19.6 Å². The molecular formula is C11H11FN2O3. The lowest BCUT2D eigenvalue weighted by Gasteiger charge is -1.99.